The first kappa shape index (κ1) is 14.9. The van der Waals surface area contributed by atoms with Crippen molar-refractivity contribution in [3.05, 3.63) is 73.1 Å². The summed E-state index contributed by atoms with van der Waals surface area (Å²) >= 11 is 0. The lowest BCUT2D eigenvalue weighted by Gasteiger charge is -2.03. The molecule has 0 rings (SSSR count). The molecule has 0 N–H and O–H groups in total. The lowest BCUT2D eigenvalue weighted by atomic mass is 10.2. The van der Waals surface area contributed by atoms with Crippen molar-refractivity contribution in [2.75, 3.05) is 0 Å². The summed E-state index contributed by atoms with van der Waals surface area (Å²) in [5, 5.41) is 0. The van der Waals surface area contributed by atoms with Gasteiger partial charge < -0.3 is 4.74 Å². The zero-order valence-corrected chi connectivity index (χ0v) is 10.3. The van der Waals surface area contributed by atoms with Crippen molar-refractivity contribution in [3.63, 3.8) is 0 Å². The Labute approximate surface area is 103 Å². The van der Waals surface area contributed by atoms with Crippen LogP contribution in [-0.4, -0.2) is 5.97 Å². The summed E-state index contributed by atoms with van der Waals surface area (Å²) in [5.74, 6) is -0.125. The maximum Gasteiger partial charge on any atom is 0.343 e. The van der Waals surface area contributed by atoms with Gasteiger partial charge >= 0.3 is 5.97 Å². The van der Waals surface area contributed by atoms with Gasteiger partial charge in [0.05, 0.1) is 5.57 Å². The standard InChI is InChI=1S/C15H18O2/c1-5-8-10-11-13(4)17-15(16)14(7-3)12-9-6-2/h5-12H,2,4H2,1,3H3/b8-5-,11-10-,12-9-,14-7+. The van der Waals surface area contributed by atoms with E-state index < -0.39 is 5.97 Å². The Morgan fingerprint density at radius 2 is 1.82 bits per heavy atom. The van der Waals surface area contributed by atoms with Crippen LogP contribution in [0, 0.1) is 0 Å². The number of hydrogen-bond donors (Lipinski definition) is 0. The van der Waals surface area contributed by atoms with Crippen LogP contribution < -0.4 is 0 Å². The molecule has 0 aromatic carbocycles. The van der Waals surface area contributed by atoms with Gasteiger partial charge in [0.15, 0.2) is 0 Å². The lowest BCUT2D eigenvalue weighted by Crippen LogP contribution is -2.04. The zero-order valence-electron chi connectivity index (χ0n) is 10.3. The van der Waals surface area contributed by atoms with E-state index in [1.807, 2.05) is 19.1 Å². The van der Waals surface area contributed by atoms with Crippen LogP contribution in [0.2, 0.25) is 0 Å². The molecule has 0 heterocycles. The Morgan fingerprint density at radius 1 is 1.12 bits per heavy atom. The average Bonchev–Trinajstić information content (AvgIpc) is 2.30. The summed E-state index contributed by atoms with van der Waals surface area (Å²) in [4.78, 5) is 11.6. The molecule has 90 valence electrons. The third kappa shape index (κ3) is 6.90. The second-order valence-corrected chi connectivity index (χ2v) is 3.08. The molecular formula is C15H18O2. The molecule has 0 aromatic rings. The number of hydrogen-bond acceptors (Lipinski definition) is 2. The molecule has 2 heteroatoms. The Hall–Kier alpha value is -2.09. The van der Waals surface area contributed by atoms with E-state index in [0.717, 1.165) is 0 Å². The van der Waals surface area contributed by atoms with Gasteiger partial charge in [-0.1, -0.05) is 49.6 Å². The quantitative estimate of drug-likeness (QED) is 0.300. The first-order chi connectivity index (χ1) is 8.15. The molecule has 0 fully saturated rings. The minimum absolute atomic E-state index is 0.305. The van der Waals surface area contributed by atoms with Crippen molar-refractivity contribution in [2.24, 2.45) is 0 Å². The molecule has 0 saturated heterocycles. The molecule has 0 saturated carbocycles. The van der Waals surface area contributed by atoms with Gasteiger partial charge in [-0.2, -0.15) is 0 Å². The topological polar surface area (TPSA) is 26.3 Å². The van der Waals surface area contributed by atoms with Gasteiger partial charge in [0.2, 0.25) is 0 Å². The van der Waals surface area contributed by atoms with E-state index in [0.29, 0.717) is 11.3 Å². The number of carbonyl (C=O) groups excluding carboxylic acids is 1. The molecule has 0 spiro atoms. The van der Waals surface area contributed by atoms with Gasteiger partial charge in [-0.05, 0) is 26.0 Å². The summed E-state index contributed by atoms with van der Waals surface area (Å²) in [6, 6.07) is 0. The lowest BCUT2D eigenvalue weighted by molar-refractivity contribution is -0.134. The average molecular weight is 230 g/mol. The fraction of sp³-hybridized carbons (Fsp3) is 0.133. The number of allylic oxidation sites excluding steroid dienone is 7. The van der Waals surface area contributed by atoms with Crippen LogP contribution in [0.4, 0.5) is 0 Å². The maximum absolute atomic E-state index is 11.6. The first-order valence-electron chi connectivity index (χ1n) is 5.31. The van der Waals surface area contributed by atoms with Gasteiger partial charge in [-0.25, -0.2) is 4.79 Å². The molecule has 0 amide bonds. The molecule has 0 atom stereocenters. The number of carbonyl (C=O) groups is 1. The van der Waals surface area contributed by atoms with E-state index in [1.54, 1.807) is 43.4 Å². The van der Waals surface area contributed by atoms with E-state index in [-0.39, 0.29) is 0 Å². The Morgan fingerprint density at radius 3 is 2.35 bits per heavy atom. The fourth-order valence-corrected chi connectivity index (χ4v) is 0.940. The minimum atomic E-state index is -0.430. The highest BCUT2D eigenvalue weighted by Crippen LogP contribution is 2.06. The number of ether oxygens (including phenoxy) is 1. The molecular weight excluding hydrogens is 212 g/mol. The highest BCUT2D eigenvalue weighted by Gasteiger charge is 2.07. The Balaban J connectivity index is 4.47. The predicted octanol–water partition coefficient (Wildman–Crippen LogP) is 3.86. The fourth-order valence-electron chi connectivity index (χ4n) is 0.940. The normalized spacial score (nSPS) is 12.5. The summed E-state index contributed by atoms with van der Waals surface area (Å²) < 4.78 is 5.04. The van der Waals surface area contributed by atoms with E-state index in [1.165, 1.54) is 0 Å². The highest BCUT2D eigenvalue weighted by molar-refractivity contribution is 5.92. The van der Waals surface area contributed by atoms with Crippen LogP contribution in [0.3, 0.4) is 0 Å². The summed E-state index contributed by atoms with van der Waals surface area (Å²) in [5.41, 5.74) is 0.463. The van der Waals surface area contributed by atoms with E-state index in [2.05, 4.69) is 13.2 Å². The second kappa shape index (κ2) is 9.16. The molecule has 2 nitrogen and oxygen atoms in total. The third-order valence-corrected chi connectivity index (χ3v) is 1.77. The molecule has 17 heavy (non-hydrogen) atoms. The van der Waals surface area contributed by atoms with Crippen LogP contribution in [0.5, 0.6) is 0 Å². The van der Waals surface area contributed by atoms with Crippen LogP contribution in [-0.2, 0) is 9.53 Å². The molecule has 0 aromatic heterocycles. The zero-order chi connectivity index (χ0) is 13.1. The van der Waals surface area contributed by atoms with Gasteiger partial charge in [0, 0.05) is 0 Å². The minimum Gasteiger partial charge on any atom is -0.424 e. The Bertz CT molecular complexity index is 393. The van der Waals surface area contributed by atoms with E-state index in [4.69, 9.17) is 4.74 Å². The second-order valence-electron chi connectivity index (χ2n) is 3.08. The molecule has 0 aliphatic rings. The number of esters is 1. The summed E-state index contributed by atoms with van der Waals surface area (Å²) in [6.07, 6.45) is 13.7. The van der Waals surface area contributed by atoms with E-state index in [9.17, 15) is 4.79 Å². The predicted molar refractivity (Wildman–Crippen MR) is 72.3 cm³/mol. The molecule has 0 unspecified atom stereocenters. The van der Waals surface area contributed by atoms with Crippen molar-refractivity contribution < 1.29 is 9.53 Å². The third-order valence-electron chi connectivity index (χ3n) is 1.77. The summed E-state index contributed by atoms with van der Waals surface area (Å²) in [6.45, 7) is 10.8. The molecule has 0 bridgehead atoms. The van der Waals surface area contributed by atoms with Crippen LogP contribution >= 0.6 is 0 Å². The van der Waals surface area contributed by atoms with Crippen molar-refractivity contribution in [1.82, 2.24) is 0 Å². The van der Waals surface area contributed by atoms with Crippen molar-refractivity contribution in [3.8, 4) is 0 Å². The highest BCUT2D eigenvalue weighted by atomic mass is 16.5. The maximum atomic E-state index is 11.6. The molecule has 0 aliphatic heterocycles. The van der Waals surface area contributed by atoms with Crippen molar-refractivity contribution in [1.29, 1.82) is 0 Å². The van der Waals surface area contributed by atoms with Crippen molar-refractivity contribution in [2.45, 2.75) is 13.8 Å². The monoisotopic (exact) mass is 230 g/mol. The van der Waals surface area contributed by atoms with Crippen LogP contribution in [0.1, 0.15) is 13.8 Å². The molecule has 0 radical (unpaired) electrons. The van der Waals surface area contributed by atoms with Crippen LogP contribution in [0.25, 0.3) is 0 Å². The Kier molecular flexibility index (Phi) is 8.03. The molecule has 0 aliphatic carbocycles. The van der Waals surface area contributed by atoms with Gasteiger partial charge in [0.25, 0.3) is 0 Å². The van der Waals surface area contributed by atoms with E-state index >= 15 is 0 Å². The summed E-state index contributed by atoms with van der Waals surface area (Å²) in [7, 11) is 0. The SMILES string of the molecule is C=C/C=C\C(=C/C)C(=O)OC(=C)/C=C\C=C/C. The van der Waals surface area contributed by atoms with Gasteiger partial charge in [-0.3, -0.25) is 0 Å². The van der Waals surface area contributed by atoms with Crippen LogP contribution in [0.15, 0.2) is 73.1 Å². The van der Waals surface area contributed by atoms with Gasteiger partial charge in [-0.15, -0.1) is 0 Å². The smallest absolute Gasteiger partial charge is 0.343 e. The number of rotatable bonds is 6. The largest absolute Gasteiger partial charge is 0.424 e. The van der Waals surface area contributed by atoms with Crippen molar-refractivity contribution >= 4 is 5.97 Å². The van der Waals surface area contributed by atoms with Gasteiger partial charge in [0.1, 0.15) is 5.76 Å². The first-order valence-corrected chi connectivity index (χ1v) is 5.31.